The molecule has 150 valence electrons. The molecule has 1 atom stereocenters. The Morgan fingerprint density at radius 1 is 1.07 bits per heavy atom. The lowest BCUT2D eigenvalue weighted by Gasteiger charge is -2.16. The standard InChI is InChI=1S/C19H22N2O6S/c1-3-17(19(24)20-13-8-10-14(22)11-9-13)28(25,26)12-18(23)21-15-6-4-5-7-16(15)27-2/h4-11,17,22H,3,12H2,1-2H3,(H,20,24)(H,21,23). The molecular formula is C19H22N2O6S. The lowest BCUT2D eigenvalue weighted by Crippen LogP contribution is -2.39. The van der Waals surface area contributed by atoms with Crippen LogP contribution >= 0.6 is 0 Å². The van der Waals surface area contributed by atoms with Crippen molar-refractivity contribution in [3.8, 4) is 11.5 Å². The summed E-state index contributed by atoms with van der Waals surface area (Å²) in [6.45, 7) is 1.55. The van der Waals surface area contributed by atoms with E-state index in [1.54, 1.807) is 31.2 Å². The van der Waals surface area contributed by atoms with Crippen molar-refractivity contribution in [3.63, 3.8) is 0 Å². The molecule has 3 N–H and O–H groups in total. The van der Waals surface area contributed by atoms with E-state index >= 15 is 0 Å². The van der Waals surface area contributed by atoms with Gasteiger partial charge in [-0.3, -0.25) is 9.59 Å². The van der Waals surface area contributed by atoms with Gasteiger partial charge in [0.05, 0.1) is 12.8 Å². The van der Waals surface area contributed by atoms with Gasteiger partial charge >= 0.3 is 0 Å². The van der Waals surface area contributed by atoms with Crippen molar-refractivity contribution in [1.29, 1.82) is 0 Å². The molecule has 0 bridgehead atoms. The Labute approximate surface area is 163 Å². The highest BCUT2D eigenvalue weighted by molar-refractivity contribution is 7.93. The maximum atomic E-state index is 12.6. The van der Waals surface area contributed by atoms with Crippen molar-refractivity contribution in [2.24, 2.45) is 0 Å². The van der Waals surface area contributed by atoms with E-state index in [4.69, 9.17) is 4.74 Å². The number of benzene rings is 2. The van der Waals surface area contributed by atoms with Crippen molar-refractivity contribution in [2.45, 2.75) is 18.6 Å². The molecule has 0 fully saturated rings. The van der Waals surface area contributed by atoms with Gasteiger partial charge in [0.2, 0.25) is 11.8 Å². The summed E-state index contributed by atoms with van der Waals surface area (Å²) < 4.78 is 30.3. The van der Waals surface area contributed by atoms with E-state index in [2.05, 4.69) is 10.6 Å². The SMILES string of the molecule is CCC(C(=O)Nc1ccc(O)cc1)S(=O)(=O)CC(=O)Nc1ccccc1OC. The lowest BCUT2D eigenvalue weighted by molar-refractivity contribution is -0.115. The number of hydrogen-bond acceptors (Lipinski definition) is 6. The minimum absolute atomic E-state index is 0.00812. The summed E-state index contributed by atoms with van der Waals surface area (Å²) in [6.07, 6.45) is 0.00812. The molecule has 2 rings (SSSR count). The van der Waals surface area contributed by atoms with Crippen LogP contribution in [0.3, 0.4) is 0 Å². The molecule has 0 aliphatic carbocycles. The molecule has 2 amide bonds. The van der Waals surface area contributed by atoms with E-state index in [1.807, 2.05) is 0 Å². The summed E-state index contributed by atoms with van der Waals surface area (Å²) >= 11 is 0. The fourth-order valence-electron chi connectivity index (χ4n) is 2.59. The first kappa shape index (κ1) is 21.2. The Hall–Kier alpha value is -3.07. The predicted molar refractivity (Wildman–Crippen MR) is 106 cm³/mol. The number of anilines is 2. The van der Waals surface area contributed by atoms with Gasteiger partial charge in [-0.1, -0.05) is 19.1 Å². The van der Waals surface area contributed by atoms with Crippen LogP contribution < -0.4 is 15.4 Å². The Kier molecular flexibility index (Phi) is 7.00. The fraction of sp³-hybridized carbons (Fsp3) is 0.263. The van der Waals surface area contributed by atoms with Crippen LogP contribution in [0.15, 0.2) is 48.5 Å². The average Bonchev–Trinajstić information content (AvgIpc) is 2.63. The number of para-hydroxylation sites is 2. The van der Waals surface area contributed by atoms with Crippen molar-refractivity contribution >= 4 is 33.0 Å². The second kappa shape index (κ2) is 9.23. The molecule has 0 saturated carbocycles. The predicted octanol–water partition coefficient (Wildman–Crippen LogP) is 2.17. The third-order valence-corrected chi connectivity index (χ3v) is 6.02. The third-order valence-electron chi connectivity index (χ3n) is 3.94. The molecule has 28 heavy (non-hydrogen) atoms. The molecule has 1 unspecified atom stereocenters. The highest BCUT2D eigenvalue weighted by Crippen LogP contribution is 2.23. The van der Waals surface area contributed by atoms with E-state index in [-0.39, 0.29) is 12.2 Å². The number of phenols is 1. The van der Waals surface area contributed by atoms with Crippen LogP contribution in [-0.2, 0) is 19.4 Å². The molecule has 2 aromatic rings. The number of ether oxygens (including phenoxy) is 1. The third kappa shape index (κ3) is 5.46. The van der Waals surface area contributed by atoms with Gasteiger partial charge in [-0.05, 0) is 42.8 Å². The van der Waals surface area contributed by atoms with Crippen LogP contribution in [0, 0.1) is 0 Å². The Balaban J connectivity index is 2.08. The first-order valence-electron chi connectivity index (χ1n) is 8.51. The van der Waals surface area contributed by atoms with Gasteiger partial charge in [-0.2, -0.15) is 0 Å². The molecule has 0 aliphatic rings. The van der Waals surface area contributed by atoms with Crippen LogP contribution in [0.1, 0.15) is 13.3 Å². The minimum Gasteiger partial charge on any atom is -0.508 e. The molecule has 0 spiro atoms. The normalized spacial score (nSPS) is 12.1. The summed E-state index contributed by atoms with van der Waals surface area (Å²) in [6, 6.07) is 12.2. The van der Waals surface area contributed by atoms with E-state index in [1.165, 1.54) is 31.4 Å². The zero-order chi connectivity index (χ0) is 20.7. The quantitative estimate of drug-likeness (QED) is 0.578. The number of hydrogen-bond donors (Lipinski definition) is 3. The summed E-state index contributed by atoms with van der Waals surface area (Å²) in [5.41, 5.74) is 0.682. The number of methoxy groups -OCH3 is 1. The number of aromatic hydroxyl groups is 1. The molecule has 0 heterocycles. The Morgan fingerprint density at radius 3 is 2.32 bits per heavy atom. The number of carbonyl (C=O) groups excluding carboxylic acids is 2. The summed E-state index contributed by atoms with van der Waals surface area (Å²) in [5.74, 6) is -1.93. The van der Waals surface area contributed by atoms with Gasteiger partial charge in [0.15, 0.2) is 9.84 Å². The fourth-order valence-corrected chi connectivity index (χ4v) is 4.12. The van der Waals surface area contributed by atoms with Gasteiger partial charge in [-0.25, -0.2) is 8.42 Å². The first-order valence-corrected chi connectivity index (χ1v) is 10.2. The maximum Gasteiger partial charge on any atom is 0.242 e. The average molecular weight is 406 g/mol. The van der Waals surface area contributed by atoms with Crippen molar-refractivity contribution in [2.75, 3.05) is 23.5 Å². The number of carbonyl (C=O) groups is 2. The van der Waals surface area contributed by atoms with E-state index in [0.29, 0.717) is 17.1 Å². The zero-order valence-corrected chi connectivity index (χ0v) is 16.3. The van der Waals surface area contributed by atoms with Gasteiger partial charge in [0, 0.05) is 5.69 Å². The van der Waals surface area contributed by atoms with E-state index in [0.717, 1.165) is 0 Å². The number of phenolic OH excluding ortho intramolecular Hbond substituents is 1. The molecular weight excluding hydrogens is 384 g/mol. The smallest absolute Gasteiger partial charge is 0.242 e. The van der Waals surface area contributed by atoms with Gasteiger partial charge in [0.25, 0.3) is 0 Å². The largest absolute Gasteiger partial charge is 0.508 e. The molecule has 0 aromatic heterocycles. The minimum atomic E-state index is -4.05. The molecule has 9 heteroatoms. The van der Waals surface area contributed by atoms with Crippen molar-refractivity contribution in [1.82, 2.24) is 0 Å². The Morgan fingerprint density at radius 2 is 1.71 bits per heavy atom. The topological polar surface area (TPSA) is 122 Å². The highest BCUT2D eigenvalue weighted by atomic mass is 32.2. The second-order valence-electron chi connectivity index (χ2n) is 5.99. The molecule has 0 radical (unpaired) electrons. The zero-order valence-electron chi connectivity index (χ0n) is 15.5. The molecule has 0 saturated heterocycles. The maximum absolute atomic E-state index is 12.6. The van der Waals surface area contributed by atoms with Crippen LogP contribution in [0.5, 0.6) is 11.5 Å². The summed E-state index contributed by atoms with van der Waals surface area (Å²) in [5, 5.41) is 12.9. The van der Waals surface area contributed by atoms with Crippen LogP contribution in [-0.4, -0.2) is 43.5 Å². The summed E-state index contributed by atoms with van der Waals surface area (Å²) in [4.78, 5) is 24.6. The number of rotatable bonds is 8. The van der Waals surface area contributed by atoms with Gasteiger partial charge < -0.3 is 20.5 Å². The van der Waals surface area contributed by atoms with Crippen molar-refractivity contribution in [3.05, 3.63) is 48.5 Å². The highest BCUT2D eigenvalue weighted by Gasteiger charge is 2.33. The van der Waals surface area contributed by atoms with E-state index < -0.39 is 32.7 Å². The lowest BCUT2D eigenvalue weighted by atomic mass is 10.2. The van der Waals surface area contributed by atoms with E-state index in [9.17, 15) is 23.1 Å². The molecule has 2 aromatic carbocycles. The number of nitrogens with one attached hydrogen (secondary N) is 2. The van der Waals surface area contributed by atoms with Crippen LogP contribution in [0.25, 0.3) is 0 Å². The summed E-state index contributed by atoms with van der Waals surface area (Å²) in [7, 11) is -2.62. The van der Waals surface area contributed by atoms with Gasteiger partial charge in [-0.15, -0.1) is 0 Å². The molecule has 0 aliphatic heterocycles. The van der Waals surface area contributed by atoms with Crippen molar-refractivity contribution < 1.29 is 27.9 Å². The second-order valence-corrected chi connectivity index (χ2v) is 8.17. The molecule has 8 nitrogen and oxygen atoms in total. The number of sulfone groups is 1. The van der Waals surface area contributed by atoms with Gasteiger partial charge in [0.1, 0.15) is 22.5 Å². The monoisotopic (exact) mass is 406 g/mol. The Bertz CT molecular complexity index is 941. The first-order chi connectivity index (χ1) is 13.3. The van der Waals surface area contributed by atoms with Crippen LogP contribution in [0.2, 0.25) is 0 Å². The van der Waals surface area contributed by atoms with Crippen LogP contribution in [0.4, 0.5) is 11.4 Å². The number of amides is 2.